The van der Waals surface area contributed by atoms with Gasteiger partial charge in [-0.2, -0.15) is 0 Å². The Balaban J connectivity index is 2.24. The van der Waals surface area contributed by atoms with Gasteiger partial charge in [0.25, 0.3) is 0 Å². The largest absolute Gasteiger partial charge is 0.464 e. The van der Waals surface area contributed by atoms with Gasteiger partial charge in [0, 0.05) is 6.42 Å². The molecule has 0 aromatic heterocycles. The number of fused-ring (bicyclic) bond motifs is 1. The highest BCUT2D eigenvalue weighted by Crippen LogP contribution is 2.33. The molecular weight excluding hydrogens is 294 g/mol. The fourth-order valence-electron chi connectivity index (χ4n) is 2.46. The molecule has 1 aliphatic heterocycles. The molecule has 0 bridgehead atoms. The van der Waals surface area contributed by atoms with Crippen molar-refractivity contribution in [1.29, 1.82) is 0 Å². The summed E-state index contributed by atoms with van der Waals surface area (Å²) < 4.78 is 10.8. The first-order valence-electron chi connectivity index (χ1n) is 7.96. The van der Waals surface area contributed by atoms with Crippen molar-refractivity contribution in [2.75, 3.05) is 11.5 Å². The summed E-state index contributed by atoms with van der Waals surface area (Å²) >= 11 is 0. The fourth-order valence-corrected chi connectivity index (χ4v) is 2.46. The number of amides is 1. The van der Waals surface area contributed by atoms with Gasteiger partial charge in [-0.15, -0.1) is 0 Å². The molecule has 126 valence electrons. The number of hydrogen-bond acceptors (Lipinski definition) is 4. The maximum atomic E-state index is 12.6. The van der Waals surface area contributed by atoms with Crippen molar-refractivity contribution in [3.63, 3.8) is 0 Å². The minimum Gasteiger partial charge on any atom is -0.464 e. The molecule has 0 unspecified atom stereocenters. The normalized spacial score (nSPS) is 17.1. The van der Waals surface area contributed by atoms with E-state index in [1.54, 1.807) is 20.8 Å². The molecule has 1 aliphatic rings. The van der Waals surface area contributed by atoms with Crippen LogP contribution in [0.15, 0.2) is 24.3 Å². The summed E-state index contributed by atoms with van der Waals surface area (Å²) in [5.74, 6) is -0.140. The summed E-state index contributed by atoms with van der Waals surface area (Å²) in [6.07, 6.45) is -0.0688. The summed E-state index contributed by atoms with van der Waals surface area (Å²) in [7, 11) is 0. The first kappa shape index (κ1) is 17.3. The molecular formula is C18H25NO4. The van der Waals surface area contributed by atoms with Gasteiger partial charge in [-0.25, -0.2) is 9.59 Å². The summed E-state index contributed by atoms with van der Waals surface area (Å²) in [6.45, 7) is 9.70. The van der Waals surface area contributed by atoms with Crippen molar-refractivity contribution in [3.05, 3.63) is 29.8 Å². The average Bonchev–Trinajstić information content (AvgIpc) is 2.82. The van der Waals surface area contributed by atoms with E-state index in [0.29, 0.717) is 18.7 Å². The average molecular weight is 319 g/mol. The molecule has 2 rings (SSSR count). The van der Waals surface area contributed by atoms with E-state index in [4.69, 9.17) is 9.47 Å². The molecule has 5 heteroatoms. The van der Waals surface area contributed by atoms with Crippen LogP contribution in [0.2, 0.25) is 0 Å². The number of carbonyl (C=O) groups is 2. The third kappa shape index (κ3) is 4.24. The Labute approximate surface area is 137 Å². The van der Waals surface area contributed by atoms with Gasteiger partial charge in [0.15, 0.2) is 0 Å². The molecule has 23 heavy (non-hydrogen) atoms. The van der Waals surface area contributed by atoms with E-state index in [9.17, 15) is 9.59 Å². The van der Waals surface area contributed by atoms with Crippen LogP contribution in [0.1, 0.15) is 40.2 Å². The maximum absolute atomic E-state index is 12.6. The molecule has 0 N–H and O–H groups in total. The van der Waals surface area contributed by atoms with Crippen LogP contribution in [0.4, 0.5) is 10.5 Å². The topological polar surface area (TPSA) is 55.8 Å². The molecule has 1 aromatic rings. The van der Waals surface area contributed by atoms with Gasteiger partial charge in [0.05, 0.1) is 12.3 Å². The first-order chi connectivity index (χ1) is 10.7. The predicted molar refractivity (Wildman–Crippen MR) is 88.4 cm³/mol. The molecule has 0 radical (unpaired) electrons. The third-order valence-electron chi connectivity index (χ3n) is 3.40. The standard InChI is InChI=1S/C18H25NO4/c1-12(2)11-22-16(20)15-10-13-8-6-7-9-14(13)19(15)17(21)23-18(3,4)5/h6-9,12,15H,10-11H2,1-5H3/t15-/m0/s1. The van der Waals surface area contributed by atoms with Crippen LogP contribution in [0.25, 0.3) is 0 Å². The number of anilines is 1. The second kappa shape index (κ2) is 6.60. The summed E-state index contributed by atoms with van der Waals surface area (Å²) in [5.41, 5.74) is 1.04. The lowest BCUT2D eigenvalue weighted by molar-refractivity contribution is -0.146. The van der Waals surface area contributed by atoms with Gasteiger partial charge in [0.2, 0.25) is 0 Å². The van der Waals surface area contributed by atoms with Gasteiger partial charge in [-0.05, 0) is 38.3 Å². The molecule has 0 spiro atoms. The van der Waals surface area contributed by atoms with Crippen molar-refractivity contribution in [1.82, 2.24) is 0 Å². The molecule has 1 heterocycles. The summed E-state index contributed by atoms with van der Waals surface area (Å²) in [6, 6.07) is 6.82. The Kier molecular flexibility index (Phi) is 4.97. The molecule has 1 aromatic carbocycles. The van der Waals surface area contributed by atoms with Crippen molar-refractivity contribution >= 4 is 17.7 Å². The van der Waals surface area contributed by atoms with Gasteiger partial charge in [-0.1, -0.05) is 32.0 Å². The molecule has 5 nitrogen and oxygen atoms in total. The summed E-state index contributed by atoms with van der Waals surface area (Å²) in [4.78, 5) is 26.4. The lowest BCUT2D eigenvalue weighted by Gasteiger charge is -2.28. The Morgan fingerprint density at radius 3 is 2.52 bits per heavy atom. The Morgan fingerprint density at radius 1 is 1.26 bits per heavy atom. The van der Waals surface area contributed by atoms with Crippen LogP contribution in [-0.2, 0) is 20.7 Å². The van der Waals surface area contributed by atoms with Crippen LogP contribution in [-0.4, -0.2) is 30.3 Å². The molecule has 0 saturated heterocycles. The zero-order valence-corrected chi connectivity index (χ0v) is 14.5. The Hall–Kier alpha value is -2.04. The molecule has 1 atom stereocenters. The molecule has 0 aliphatic carbocycles. The number of nitrogens with zero attached hydrogens (tertiary/aromatic N) is 1. The number of carbonyl (C=O) groups excluding carboxylic acids is 2. The minimum atomic E-state index is -0.666. The lowest BCUT2D eigenvalue weighted by Crippen LogP contribution is -2.46. The maximum Gasteiger partial charge on any atom is 0.415 e. The van der Waals surface area contributed by atoms with Crippen molar-refractivity contribution < 1.29 is 19.1 Å². The second-order valence-corrected chi connectivity index (χ2v) is 7.22. The lowest BCUT2D eigenvalue weighted by atomic mass is 10.1. The van der Waals surface area contributed by atoms with E-state index in [1.165, 1.54) is 4.90 Å². The van der Waals surface area contributed by atoms with Crippen molar-refractivity contribution in [2.45, 2.75) is 52.7 Å². The number of hydrogen-bond donors (Lipinski definition) is 0. The van der Waals surface area contributed by atoms with Gasteiger partial charge in [-0.3, -0.25) is 4.90 Å². The van der Waals surface area contributed by atoms with Crippen LogP contribution < -0.4 is 4.90 Å². The van der Waals surface area contributed by atoms with E-state index in [2.05, 4.69) is 0 Å². The van der Waals surface area contributed by atoms with Crippen molar-refractivity contribution in [3.8, 4) is 0 Å². The highest BCUT2D eigenvalue weighted by Gasteiger charge is 2.41. The smallest absolute Gasteiger partial charge is 0.415 e. The summed E-state index contributed by atoms with van der Waals surface area (Å²) in [5, 5.41) is 0. The zero-order chi connectivity index (χ0) is 17.2. The van der Waals surface area contributed by atoms with Crippen LogP contribution in [0.5, 0.6) is 0 Å². The van der Waals surface area contributed by atoms with Gasteiger partial charge in [0.1, 0.15) is 11.6 Å². The Bertz CT molecular complexity index is 589. The monoisotopic (exact) mass is 319 g/mol. The Morgan fingerprint density at radius 2 is 1.91 bits per heavy atom. The number of ether oxygens (including phenoxy) is 2. The quantitative estimate of drug-likeness (QED) is 0.800. The molecule has 0 fully saturated rings. The first-order valence-corrected chi connectivity index (χ1v) is 7.96. The van der Waals surface area contributed by atoms with E-state index >= 15 is 0 Å². The number of esters is 1. The minimum absolute atomic E-state index is 0.248. The van der Waals surface area contributed by atoms with Crippen LogP contribution in [0.3, 0.4) is 0 Å². The van der Waals surface area contributed by atoms with E-state index in [-0.39, 0.29) is 11.9 Å². The van der Waals surface area contributed by atoms with Gasteiger partial charge >= 0.3 is 12.1 Å². The number of benzene rings is 1. The van der Waals surface area contributed by atoms with E-state index in [1.807, 2.05) is 38.1 Å². The third-order valence-corrected chi connectivity index (χ3v) is 3.40. The second-order valence-electron chi connectivity index (χ2n) is 7.22. The van der Waals surface area contributed by atoms with Crippen molar-refractivity contribution in [2.24, 2.45) is 5.92 Å². The zero-order valence-electron chi connectivity index (χ0n) is 14.5. The number of rotatable bonds is 3. The SMILES string of the molecule is CC(C)COC(=O)[C@@H]1Cc2ccccc2N1C(=O)OC(C)(C)C. The predicted octanol–water partition coefficient (Wildman–Crippen LogP) is 3.55. The van der Waals surface area contributed by atoms with Crippen LogP contribution >= 0.6 is 0 Å². The molecule has 1 amide bonds. The highest BCUT2D eigenvalue weighted by atomic mass is 16.6. The van der Waals surface area contributed by atoms with Gasteiger partial charge < -0.3 is 9.47 Å². The van der Waals surface area contributed by atoms with Crippen LogP contribution in [0, 0.1) is 5.92 Å². The number of para-hydroxylation sites is 1. The fraction of sp³-hybridized carbons (Fsp3) is 0.556. The molecule has 0 saturated carbocycles. The highest BCUT2D eigenvalue weighted by molar-refractivity contribution is 5.99. The van der Waals surface area contributed by atoms with E-state index < -0.39 is 17.7 Å². The van der Waals surface area contributed by atoms with E-state index in [0.717, 1.165) is 5.56 Å².